The van der Waals surface area contributed by atoms with E-state index in [-0.39, 0.29) is 22.4 Å². The molecule has 0 spiro atoms. The van der Waals surface area contributed by atoms with Gasteiger partial charge in [0.15, 0.2) is 0 Å². The number of carboxylic acid groups (broad SMARTS) is 1. The molecule has 2 aromatic carbocycles. The van der Waals surface area contributed by atoms with Crippen molar-refractivity contribution in [2.45, 2.75) is 6.29 Å². The predicted molar refractivity (Wildman–Crippen MR) is 90.4 cm³/mol. The number of ether oxygens (including phenoxy) is 2. The molecule has 4 rings (SSSR count). The molecular weight excluding hydrogens is 358 g/mol. The number of nitrogens with zero attached hydrogens (tertiary/aromatic N) is 1. The minimum atomic E-state index is -1.26. The van der Waals surface area contributed by atoms with E-state index in [0.29, 0.717) is 11.3 Å². The van der Waals surface area contributed by atoms with E-state index in [0.717, 1.165) is 0 Å². The molecule has 0 saturated carbocycles. The topological polar surface area (TPSA) is 84.4 Å². The van der Waals surface area contributed by atoms with E-state index in [1.807, 2.05) is 0 Å². The second-order valence-corrected chi connectivity index (χ2v) is 5.75. The highest BCUT2D eigenvalue weighted by molar-refractivity contribution is 5.95. The Morgan fingerprint density at radius 1 is 1.07 bits per heavy atom. The molecule has 6 nitrogen and oxygen atoms in total. The predicted octanol–water partition coefficient (Wildman–Crippen LogP) is 4.24. The smallest absolute Gasteiger partial charge is 0.336 e. The average Bonchev–Trinajstić information content (AvgIpc) is 3.34. The van der Waals surface area contributed by atoms with Gasteiger partial charge in [0.1, 0.15) is 24.2 Å². The molecule has 1 aliphatic heterocycles. The number of aromatic carboxylic acids is 1. The van der Waals surface area contributed by atoms with Gasteiger partial charge in [-0.05, 0) is 36.4 Å². The fourth-order valence-corrected chi connectivity index (χ4v) is 2.84. The second kappa shape index (κ2) is 6.56. The summed E-state index contributed by atoms with van der Waals surface area (Å²) in [5.74, 6) is -2.46. The van der Waals surface area contributed by atoms with Gasteiger partial charge in [0.05, 0.1) is 22.5 Å². The van der Waals surface area contributed by atoms with Crippen molar-refractivity contribution < 1.29 is 28.2 Å². The summed E-state index contributed by atoms with van der Waals surface area (Å²) in [4.78, 5) is 11.4. The normalized spacial score (nSPS) is 13.4. The van der Waals surface area contributed by atoms with Gasteiger partial charge in [-0.2, -0.15) is 5.10 Å². The number of halogens is 2. The number of nitrogens with one attached hydrogen (secondary N) is 1. The molecule has 0 fully saturated rings. The maximum atomic E-state index is 14.2. The Morgan fingerprint density at radius 2 is 1.85 bits per heavy atom. The van der Waals surface area contributed by atoms with Crippen LogP contribution in [-0.4, -0.2) is 21.3 Å². The maximum Gasteiger partial charge on any atom is 0.336 e. The lowest BCUT2D eigenvalue weighted by Gasteiger charge is -2.12. The van der Waals surface area contributed by atoms with Crippen molar-refractivity contribution >= 4 is 5.97 Å². The molecule has 0 amide bonds. The molecule has 0 aliphatic carbocycles. The first kappa shape index (κ1) is 16.8. The van der Waals surface area contributed by atoms with Gasteiger partial charge in [-0.15, -0.1) is 0 Å². The highest BCUT2D eigenvalue weighted by Crippen LogP contribution is 2.32. The van der Waals surface area contributed by atoms with Crippen molar-refractivity contribution in [1.82, 2.24) is 10.2 Å². The van der Waals surface area contributed by atoms with Gasteiger partial charge < -0.3 is 14.6 Å². The van der Waals surface area contributed by atoms with Gasteiger partial charge in [-0.3, -0.25) is 5.10 Å². The summed E-state index contributed by atoms with van der Waals surface area (Å²) in [6.45, 7) is 0. The van der Waals surface area contributed by atoms with E-state index < -0.39 is 23.9 Å². The van der Waals surface area contributed by atoms with Gasteiger partial charge in [0.25, 0.3) is 6.29 Å². The first-order valence-electron chi connectivity index (χ1n) is 7.88. The summed E-state index contributed by atoms with van der Waals surface area (Å²) in [5.41, 5.74) is 1.00. The average molecular weight is 370 g/mol. The van der Waals surface area contributed by atoms with Crippen LogP contribution in [0.2, 0.25) is 0 Å². The largest absolute Gasteiger partial charge is 0.478 e. The standard InChI is InChI=1S/C19H12F2N2O4/c20-13-5-4-10(8-12(13)19-26-6-7-27-19)15-9-16(23-22-15)17-11(18(24)25)2-1-3-14(17)21/h1-9,19H,(H,22,23)(H,24,25). The Kier molecular flexibility index (Phi) is 4.08. The van der Waals surface area contributed by atoms with E-state index >= 15 is 0 Å². The third-order valence-electron chi connectivity index (χ3n) is 4.10. The summed E-state index contributed by atoms with van der Waals surface area (Å²) in [6.07, 6.45) is 1.73. The first-order chi connectivity index (χ1) is 13.0. The zero-order valence-electron chi connectivity index (χ0n) is 13.6. The van der Waals surface area contributed by atoms with Crippen LogP contribution in [-0.2, 0) is 9.47 Å². The molecular formula is C19H12F2N2O4. The van der Waals surface area contributed by atoms with Crippen LogP contribution in [0.5, 0.6) is 0 Å². The number of H-pyrrole nitrogens is 1. The quantitative estimate of drug-likeness (QED) is 0.718. The zero-order valence-corrected chi connectivity index (χ0v) is 13.6. The van der Waals surface area contributed by atoms with Gasteiger partial charge in [-0.25, -0.2) is 13.6 Å². The van der Waals surface area contributed by atoms with Crippen molar-refractivity contribution in [2.75, 3.05) is 0 Å². The third kappa shape index (κ3) is 3.01. The minimum Gasteiger partial charge on any atom is -0.478 e. The number of carboxylic acids is 1. The lowest BCUT2D eigenvalue weighted by atomic mass is 10.0. The highest BCUT2D eigenvalue weighted by Gasteiger charge is 2.22. The lowest BCUT2D eigenvalue weighted by Crippen LogP contribution is -2.01. The number of carbonyl (C=O) groups is 1. The Hall–Kier alpha value is -3.68. The third-order valence-corrected chi connectivity index (χ3v) is 4.10. The summed E-state index contributed by atoms with van der Waals surface area (Å²) in [5, 5.41) is 16.0. The second-order valence-electron chi connectivity index (χ2n) is 5.75. The van der Waals surface area contributed by atoms with Crippen molar-refractivity contribution in [2.24, 2.45) is 0 Å². The fraction of sp³-hybridized carbons (Fsp3) is 0.0526. The lowest BCUT2D eigenvalue weighted by molar-refractivity contribution is -0.0271. The van der Waals surface area contributed by atoms with Gasteiger partial charge in [-0.1, -0.05) is 6.07 Å². The number of aromatic nitrogens is 2. The van der Waals surface area contributed by atoms with E-state index in [1.54, 1.807) is 0 Å². The van der Waals surface area contributed by atoms with Crippen molar-refractivity contribution in [1.29, 1.82) is 0 Å². The molecule has 136 valence electrons. The van der Waals surface area contributed by atoms with Crippen LogP contribution in [0.15, 0.2) is 55.0 Å². The van der Waals surface area contributed by atoms with E-state index in [9.17, 15) is 18.7 Å². The molecule has 0 saturated heterocycles. The minimum absolute atomic E-state index is 0.0993. The molecule has 0 radical (unpaired) electrons. The molecule has 0 atom stereocenters. The van der Waals surface area contributed by atoms with Crippen LogP contribution >= 0.6 is 0 Å². The molecule has 8 heteroatoms. The number of rotatable bonds is 4. The Morgan fingerprint density at radius 3 is 2.59 bits per heavy atom. The van der Waals surface area contributed by atoms with Gasteiger partial charge in [0.2, 0.25) is 0 Å². The molecule has 3 aromatic rings. The van der Waals surface area contributed by atoms with Crippen LogP contribution in [0.4, 0.5) is 8.78 Å². The van der Waals surface area contributed by atoms with Crippen molar-refractivity contribution in [3.63, 3.8) is 0 Å². The van der Waals surface area contributed by atoms with Crippen LogP contribution in [0.25, 0.3) is 22.5 Å². The monoisotopic (exact) mass is 370 g/mol. The summed E-state index contributed by atoms with van der Waals surface area (Å²) in [6, 6.07) is 9.54. The van der Waals surface area contributed by atoms with E-state index in [4.69, 9.17) is 9.47 Å². The maximum absolute atomic E-state index is 14.2. The van der Waals surface area contributed by atoms with Crippen molar-refractivity contribution in [3.05, 3.63) is 77.8 Å². The number of hydrogen-bond donors (Lipinski definition) is 2. The molecule has 2 heterocycles. The Bertz CT molecular complexity index is 1050. The van der Waals surface area contributed by atoms with Crippen LogP contribution < -0.4 is 0 Å². The molecule has 1 aromatic heterocycles. The zero-order chi connectivity index (χ0) is 19.0. The van der Waals surface area contributed by atoms with Gasteiger partial charge >= 0.3 is 5.97 Å². The van der Waals surface area contributed by atoms with Crippen molar-refractivity contribution in [3.8, 4) is 22.5 Å². The van der Waals surface area contributed by atoms with Crippen LogP contribution in [0.1, 0.15) is 22.2 Å². The highest BCUT2D eigenvalue weighted by atomic mass is 19.1. The molecule has 1 aliphatic rings. The fourth-order valence-electron chi connectivity index (χ4n) is 2.84. The van der Waals surface area contributed by atoms with E-state index in [2.05, 4.69) is 10.2 Å². The molecule has 0 unspecified atom stereocenters. The number of aromatic amines is 1. The van der Waals surface area contributed by atoms with Crippen LogP contribution in [0, 0.1) is 11.6 Å². The first-order valence-corrected chi connectivity index (χ1v) is 7.88. The Labute approximate surface area is 151 Å². The summed E-state index contributed by atoms with van der Waals surface area (Å²) < 4.78 is 38.6. The van der Waals surface area contributed by atoms with Crippen LogP contribution in [0.3, 0.4) is 0 Å². The molecule has 2 N–H and O–H groups in total. The SMILES string of the molecule is O=C(O)c1cccc(F)c1-c1cc(-c2ccc(F)c(C3OC=CO3)c2)n[nH]1. The summed E-state index contributed by atoms with van der Waals surface area (Å²) >= 11 is 0. The molecule has 27 heavy (non-hydrogen) atoms. The molecule has 0 bridgehead atoms. The summed E-state index contributed by atoms with van der Waals surface area (Å²) in [7, 11) is 0. The number of hydrogen-bond acceptors (Lipinski definition) is 4. The number of benzene rings is 2. The van der Waals surface area contributed by atoms with E-state index in [1.165, 1.54) is 55.0 Å². The van der Waals surface area contributed by atoms with Gasteiger partial charge in [0, 0.05) is 11.1 Å². The Balaban J connectivity index is 1.74.